The van der Waals surface area contributed by atoms with Crippen molar-refractivity contribution in [2.24, 2.45) is 0 Å². The summed E-state index contributed by atoms with van der Waals surface area (Å²) in [6.07, 6.45) is -0.528. The molecule has 0 saturated carbocycles. The standard InChI is InChI=1S/C20H21NO/c1-21-14-19(16-8-3-2-4-9-16)20(22)18-12-11-15-7-5-6-10-17(15)13-18/h2-13,19-22H,14H2,1H3/t19-,20-/m1/s1. The van der Waals surface area contributed by atoms with Gasteiger partial charge in [-0.2, -0.15) is 0 Å². The molecule has 0 amide bonds. The molecule has 22 heavy (non-hydrogen) atoms. The van der Waals surface area contributed by atoms with Crippen LogP contribution in [0.2, 0.25) is 0 Å². The molecular formula is C20H21NO. The number of aliphatic hydroxyl groups excluding tert-OH is 1. The second kappa shape index (κ2) is 6.73. The van der Waals surface area contributed by atoms with Gasteiger partial charge in [-0.25, -0.2) is 0 Å². The highest BCUT2D eigenvalue weighted by Crippen LogP contribution is 2.32. The third-order valence-corrected chi connectivity index (χ3v) is 4.15. The van der Waals surface area contributed by atoms with Crippen molar-refractivity contribution in [1.29, 1.82) is 0 Å². The number of hydrogen-bond donors (Lipinski definition) is 2. The lowest BCUT2D eigenvalue weighted by molar-refractivity contribution is 0.144. The first kappa shape index (κ1) is 14.8. The monoisotopic (exact) mass is 291 g/mol. The summed E-state index contributed by atoms with van der Waals surface area (Å²) in [7, 11) is 1.92. The summed E-state index contributed by atoms with van der Waals surface area (Å²) in [6.45, 7) is 0.734. The van der Waals surface area contributed by atoms with Crippen LogP contribution in [0.15, 0.2) is 72.8 Å². The number of rotatable bonds is 5. The van der Waals surface area contributed by atoms with E-state index < -0.39 is 6.10 Å². The normalized spacial score (nSPS) is 13.9. The van der Waals surface area contributed by atoms with Crippen LogP contribution in [0.5, 0.6) is 0 Å². The third-order valence-electron chi connectivity index (χ3n) is 4.15. The molecule has 2 atom stereocenters. The van der Waals surface area contributed by atoms with Gasteiger partial charge >= 0.3 is 0 Å². The molecule has 0 aromatic heterocycles. The van der Waals surface area contributed by atoms with Gasteiger partial charge in [0.25, 0.3) is 0 Å². The average molecular weight is 291 g/mol. The van der Waals surface area contributed by atoms with Gasteiger partial charge in [0.1, 0.15) is 0 Å². The number of likely N-dealkylation sites (N-methyl/N-ethyl adjacent to an activating group) is 1. The fourth-order valence-corrected chi connectivity index (χ4v) is 2.96. The Balaban J connectivity index is 1.96. The average Bonchev–Trinajstić information content (AvgIpc) is 2.59. The molecule has 0 heterocycles. The smallest absolute Gasteiger partial charge is 0.0870 e. The Morgan fingerprint density at radius 3 is 2.23 bits per heavy atom. The van der Waals surface area contributed by atoms with E-state index in [2.05, 4.69) is 41.7 Å². The van der Waals surface area contributed by atoms with Crippen LogP contribution in [-0.4, -0.2) is 18.7 Å². The van der Waals surface area contributed by atoms with Gasteiger partial charge in [0.15, 0.2) is 0 Å². The van der Waals surface area contributed by atoms with Crippen molar-refractivity contribution in [3.63, 3.8) is 0 Å². The van der Waals surface area contributed by atoms with Crippen molar-refractivity contribution in [3.8, 4) is 0 Å². The highest BCUT2D eigenvalue weighted by Gasteiger charge is 2.22. The molecule has 2 heteroatoms. The number of fused-ring (bicyclic) bond motifs is 1. The van der Waals surface area contributed by atoms with E-state index in [0.717, 1.165) is 23.1 Å². The van der Waals surface area contributed by atoms with E-state index in [4.69, 9.17) is 0 Å². The maximum absolute atomic E-state index is 10.9. The van der Waals surface area contributed by atoms with Crippen molar-refractivity contribution in [3.05, 3.63) is 83.9 Å². The summed E-state index contributed by atoms with van der Waals surface area (Å²) in [5, 5.41) is 16.4. The Hall–Kier alpha value is -2.16. The molecule has 0 saturated heterocycles. The fourth-order valence-electron chi connectivity index (χ4n) is 2.96. The Morgan fingerprint density at radius 1 is 0.818 bits per heavy atom. The summed E-state index contributed by atoms with van der Waals surface area (Å²) in [6, 6.07) is 24.6. The zero-order chi connectivity index (χ0) is 15.4. The highest BCUT2D eigenvalue weighted by atomic mass is 16.3. The van der Waals surface area contributed by atoms with Crippen molar-refractivity contribution in [2.45, 2.75) is 12.0 Å². The Morgan fingerprint density at radius 2 is 1.50 bits per heavy atom. The van der Waals surface area contributed by atoms with E-state index in [1.165, 1.54) is 5.39 Å². The lowest BCUT2D eigenvalue weighted by atomic mass is 9.88. The van der Waals surface area contributed by atoms with Crippen molar-refractivity contribution in [2.75, 3.05) is 13.6 Å². The molecule has 2 N–H and O–H groups in total. The molecule has 0 fully saturated rings. The van der Waals surface area contributed by atoms with E-state index >= 15 is 0 Å². The predicted octanol–water partition coefficient (Wildman–Crippen LogP) is 3.88. The highest BCUT2D eigenvalue weighted by molar-refractivity contribution is 5.83. The summed E-state index contributed by atoms with van der Waals surface area (Å²) in [5.41, 5.74) is 2.11. The van der Waals surface area contributed by atoms with Crippen LogP contribution in [0.3, 0.4) is 0 Å². The van der Waals surface area contributed by atoms with Gasteiger partial charge in [-0.1, -0.05) is 66.7 Å². The van der Waals surface area contributed by atoms with E-state index in [-0.39, 0.29) is 5.92 Å². The molecule has 0 aliphatic rings. The zero-order valence-corrected chi connectivity index (χ0v) is 12.7. The first-order valence-electron chi connectivity index (χ1n) is 7.66. The number of hydrogen-bond acceptors (Lipinski definition) is 2. The second-order valence-electron chi connectivity index (χ2n) is 5.63. The van der Waals surface area contributed by atoms with Gasteiger partial charge in [0.05, 0.1) is 6.10 Å². The Labute approximate surface area is 131 Å². The number of nitrogens with one attached hydrogen (secondary N) is 1. The van der Waals surface area contributed by atoms with Crippen molar-refractivity contribution < 1.29 is 5.11 Å². The minimum atomic E-state index is -0.528. The van der Waals surface area contributed by atoms with Gasteiger partial charge < -0.3 is 10.4 Å². The molecule has 0 aliphatic carbocycles. The molecule has 112 valence electrons. The molecule has 0 unspecified atom stereocenters. The lowest BCUT2D eigenvalue weighted by Crippen LogP contribution is -2.23. The second-order valence-corrected chi connectivity index (χ2v) is 5.63. The molecule has 0 spiro atoms. The molecule has 2 nitrogen and oxygen atoms in total. The van der Waals surface area contributed by atoms with Gasteiger partial charge in [-0.05, 0) is 35.0 Å². The maximum atomic E-state index is 10.9. The Kier molecular flexibility index (Phi) is 4.52. The summed E-state index contributed by atoms with van der Waals surface area (Å²) >= 11 is 0. The molecule has 3 rings (SSSR count). The SMILES string of the molecule is CNC[C@H](c1ccccc1)[C@H](O)c1ccc2ccccc2c1. The van der Waals surface area contributed by atoms with Gasteiger partial charge in [0.2, 0.25) is 0 Å². The Bertz CT molecular complexity index is 739. The molecule has 0 aliphatic heterocycles. The van der Waals surface area contributed by atoms with Crippen LogP contribution in [0, 0.1) is 0 Å². The van der Waals surface area contributed by atoms with E-state index in [1.54, 1.807) is 0 Å². The fraction of sp³-hybridized carbons (Fsp3) is 0.200. The third kappa shape index (κ3) is 3.03. The van der Waals surface area contributed by atoms with Crippen molar-refractivity contribution in [1.82, 2.24) is 5.32 Å². The molecule has 3 aromatic carbocycles. The maximum Gasteiger partial charge on any atom is 0.0870 e. The summed E-state index contributed by atoms with van der Waals surface area (Å²) in [5.74, 6) is 0.0346. The van der Waals surface area contributed by atoms with Gasteiger partial charge in [-0.15, -0.1) is 0 Å². The van der Waals surface area contributed by atoms with Crippen molar-refractivity contribution >= 4 is 10.8 Å². The number of benzene rings is 3. The zero-order valence-electron chi connectivity index (χ0n) is 12.7. The summed E-state index contributed by atoms with van der Waals surface area (Å²) < 4.78 is 0. The predicted molar refractivity (Wildman–Crippen MR) is 92.0 cm³/mol. The quantitative estimate of drug-likeness (QED) is 0.748. The number of aliphatic hydroxyl groups is 1. The van der Waals surface area contributed by atoms with Crippen LogP contribution < -0.4 is 5.32 Å². The van der Waals surface area contributed by atoms with Gasteiger partial charge in [-0.3, -0.25) is 0 Å². The topological polar surface area (TPSA) is 32.3 Å². The molecule has 0 bridgehead atoms. The van der Waals surface area contributed by atoms with Crippen LogP contribution in [0.25, 0.3) is 10.8 Å². The van der Waals surface area contributed by atoms with Gasteiger partial charge in [0, 0.05) is 12.5 Å². The van der Waals surface area contributed by atoms with Crippen LogP contribution in [0.1, 0.15) is 23.1 Å². The lowest BCUT2D eigenvalue weighted by Gasteiger charge is -2.24. The molecular weight excluding hydrogens is 270 g/mol. The van der Waals surface area contributed by atoms with E-state index in [0.29, 0.717) is 0 Å². The molecule has 3 aromatic rings. The van der Waals surface area contributed by atoms with Crippen LogP contribution in [0.4, 0.5) is 0 Å². The minimum absolute atomic E-state index is 0.0346. The van der Waals surface area contributed by atoms with E-state index in [1.807, 2.05) is 43.4 Å². The summed E-state index contributed by atoms with van der Waals surface area (Å²) in [4.78, 5) is 0. The largest absolute Gasteiger partial charge is 0.388 e. The van der Waals surface area contributed by atoms with E-state index in [9.17, 15) is 5.11 Å². The first-order chi connectivity index (χ1) is 10.8. The van der Waals surface area contributed by atoms with Crippen LogP contribution in [-0.2, 0) is 0 Å². The first-order valence-corrected chi connectivity index (χ1v) is 7.66. The minimum Gasteiger partial charge on any atom is -0.388 e. The molecule has 0 radical (unpaired) electrons. The van der Waals surface area contributed by atoms with Crippen LogP contribution >= 0.6 is 0 Å².